The first kappa shape index (κ1) is 19.1. The van der Waals surface area contributed by atoms with E-state index in [1.807, 2.05) is 37.3 Å². The Kier molecular flexibility index (Phi) is 5.13. The van der Waals surface area contributed by atoms with Crippen molar-refractivity contribution in [2.75, 3.05) is 10.6 Å². The number of fused-ring (bicyclic) bond motifs is 1. The van der Waals surface area contributed by atoms with E-state index in [0.717, 1.165) is 11.1 Å². The molecule has 3 N–H and O–H groups in total. The van der Waals surface area contributed by atoms with E-state index in [1.54, 1.807) is 42.5 Å². The van der Waals surface area contributed by atoms with Crippen molar-refractivity contribution in [2.24, 2.45) is 0 Å². The second kappa shape index (κ2) is 8.05. The fraction of sp³-hybridized carbons (Fsp3) is 0.0417. The lowest BCUT2D eigenvalue weighted by Crippen LogP contribution is -2.24. The number of aromatic amines is 1. The molecular weight excluding hydrogens is 378 g/mol. The predicted octanol–water partition coefficient (Wildman–Crippen LogP) is 4.55. The van der Waals surface area contributed by atoms with Crippen LogP contribution in [0, 0.1) is 6.92 Å². The number of aryl methyl sites for hydroxylation is 1. The van der Waals surface area contributed by atoms with Gasteiger partial charge in [-0.05, 0) is 42.8 Å². The maximum atomic E-state index is 12.7. The molecule has 0 spiro atoms. The van der Waals surface area contributed by atoms with E-state index >= 15 is 0 Å². The maximum Gasteiger partial charge on any atom is 0.296 e. The second-order valence-corrected chi connectivity index (χ2v) is 6.90. The van der Waals surface area contributed by atoms with Gasteiger partial charge in [0.1, 0.15) is 0 Å². The van der Waals surface area contributed by atoms with Gasteiger partial charge in [0.05, 0.1) is 16.8 Å². The SMILES string of the molecule is Cc1cccc(NC(=O)c2ccccc2NC(=O)C(=O)c2c[nH]c3ccccc23)c1. The number of rotatable bonds is 5. The van der Waals surface area contributed by atoms with Crippen LogP contribution in [0.25, 0.3) is 10.9 Å². The summed E-state index contributed by atoms with van der Waals surface area (Å²) < 4.78 is 0. The van der Waals surface area contributed by atoms with E-state index in [1.165, 1.54) is 6.20 Å². The molecule has 6 nitrogen and oxygen atoms in total. The molecule has 0 bridgehead atoms. The first-order valence-corrected chi connectivity index (χ1v) is 9.42. The minimum absolute atomic E-state index is 0.263. The summed E-state index contributed by atoms with van der Waals surface area (Å²) in [5.74, 6) is -1.87. The van der Waals surface area contributed by atoms with E-state index in [-0.39, 0.29) is 22.7 Å². The molecular formula is C24H19N3O3. The number of hydrogen-bond acceptors (Lipinski definition) is 3. The van der Waals surface area contributed by atoms with Gasteiger partial charge in [0.2, 0.25) is 0 Å². The van der Waals surface area contributed by atoms with Crippen LogP contribution in [-0.4, -0.2) is 22.6 Å². The molecule has 0 saturated carbocycles. The van der Waals surface area contributed by atoms with Gasteiger partial charge in [0.15, 0.2) is 0 Å². The highest BCUT2D eigenvalue weighted by Crippen LogP contribution is 2.21. The zero-order valence-electron chi connectivity index (χ0n) is 16.2. The average Bonchev–Trinajstić information content (AvgIpc) is 3.17. The number of amides is 2. The van der Waals surface area contributed by atoms with Crippen molar-refractivity contribution in [2.45, 2.75) is 6.92 Å². The lowest BCUT2D eigenvalue weighted by atomic mass is 10.1. The number of hydrogen-bond donors (Lipinski definition) is 3. The minimum Gasteiger partial charge on any atom is -0.360 e. The summed E-state index contributed by atoms with van der Waals surface area (Å²) in [5.41, 5.74) is 3.24. The van der Waals surface area contributed by atoms with E-state index in [4.69, 9.17) is 0 Å². The van der Waals surface area contributed by atoms with Gasteiger partial charge in [0, 0.05) is 22.8 Å². The molecule has 0 atom stereocenters. The highest BCUT2D eigenvalue weighted by atomic mass is 16.2. The van der Waals surface area contributed by atoms with Crippen molar-refractivity contribution in [3.8, 4) is 0 Å². The van der Waals surface area contributed by atoms with Crippen LogP contribution in [0.3, 0.4) is 0 Å². The summed E-state index contributed by atoms with van der Waals surface area (Å²) in [6, 6.07) is 21.2. The maximum absolute atomic E-state index is 12.7. The Morgan fingerprint density at radius 3 is 2.40 bits per heavy atom. The fourth-order valence-electron chi connectivity index (χ4n) is 3.27. The molecule has 148 valence electrons. The van der Waals surface area contributed by atoms with Crippen LogP contribution in [-0.2, 0) is 4.79 Å². The Labute approximate surface area is 172 Å². The first-order chi connectivity index (χ1) is 14.5. The molecule has 0 unspecified atom stereocenters. The van der Waals surface area contributed by atoms with Crippen LogP contribution in [0.2, 0.25) is 0 Å². The summed E-state index contributed by atoms with van der Waals surface area (Å²) in [7, 11) is 0. The molecule has 30 heavy (non-hydrogen) atoms. The van der Waals surface area contributed by atoms with Crippen molar-refractivity contribution in [1.29, 1.82) is 0 Å². The predicted molar refractivity (Wildman–Crippen MR) is 117 cm³/mol. The van der Waals surface area contributed by atoms with Crippen molar-refractivity contribution < 1.29 is 14.4 Å². The number of nitrogens with one attached hydrogen (secondary N) is 3. The topological polar surface area (TPSA) is 91.1 Å². The van der Waals surface area contributed by atoms with Crippen LogP contribution in [0.4, 0.5) is 11.4 Å². The van der Waals surface area contributed by atoms with Crippen molar-refractivity contribution in [1.82, 2.24) is 4.98 Å². The third-order valence-corrected chi connectivity index (χ3v) is 4.74. The van der Waals surface area contributed by atoms with Crippen LogP contribution in [0.5, 0.6) is 0 Å². The van der Waals surface area contributed by atoms with E-state index in [0.29, 0.717) is 11.1 Å². The number of ketones is 1. The van der Waals surface area contributed by atoms with Crippen molar-refractivity contribution in [3.05, 3.63) is 95.7 Å². The quantitative estimate of drug-likeness (QED) is 0.341. The second-order valence-electron chi connectivity index (χ2n) is 6.90. The number of H-pyrrole nitrogens is 1. The molecule has 4 aromatic rings. The van der Waals surface area contributed by atoms with Crippen molar-refractivity contribution >= 4 is 39.9 Å². The molecule has 0 aliphatic carbocycles. The zero-order valence-corrected chi connectivity index (χ0v) is 16.2. The van der Waals surface area contributed by atoms with E-state index in [2.05, 4.69) is 15.6 Å². The molecule has 3 aromatic carbocycles. The Morgan fingerprint density at radius 2 is 1.57 bits per heavy atom. The van der Waals surface area contributed by atoms with Gasteiger partial charge in [0.25, 0.3) is 17.6 Å². The molecule has 0 aliphatic rings. The lowest BCUT2D eigenvalue weighted by molar-refractivity contribution is -0.112. The molecule has 0 radical (unpaired) electrons. The molecule has 2 amide bonds. The number of aromatic nitrogens is 1. The van der Waals surface area contributed by atoms with Crippen LogP contribution < -0.4 is 10.6 Å². The molecule has 0 fully saturated rings. The smallest absolute Gasteiger partial charge is 0.296 e. The van der Waals surface area contributed by atoms with E-state index < -0.39 is 11.7 Å². The third-order valence-electron chi connectivity index (χ3n) is 4.74. The number of carbonyl (C=O) groups is 3. The number of para-hydroxylation sites is 2. The van der Waals surface area contributed by atoms with Gasteiger partial charge in [-0.3, -0.25) is 14.4 Å². The van der Waals surface area contributed by atoms with Gasteiger partial charge < -0.3 is 15.6 Å². The monoisotopic (exact) mass is 397 g/mol. The lowest BCUT2D eigenvalue weighted by Gasteiger charge is -2.11. The Bertz CT molecular complexity index is 1270. The van der Waals surface area contributed by atoms with Gasteiger partial charge in [-0.1, -0.05) is 42.5 Å². The first-order valence-electron chi connectivity index (χ1n) is 9.42. The Morgan fingerprint density at radius 1 is 0.800 bits per heavy atom. The van der Waals surface area contributed by atoms with Gasteiger partial charge >= 0.3 is 0 Å². The van der Waals surface area contributed by atoms with Gasteiger partial charge in [-0.2, -0.15) is 0 Å². The fourth-order valence-corrected chi connectivity index (χ4v) is 3.27. The van der Waals surface area contributed by atoms with E-state index in [9.17, 15) is 14.4 Å². The molecule has 4 rings (SSSR count). The van der Waals surface area contributed by atoms with Crippen molar-refractivity contribution in [3.63, 3.8) is 0 Å². The van der Waals surface area contributed by atoms with Gasteiger partial charge in [-0.25, -0.2) is 0 Å². The average molecular weight is 397 g/mol. The summed E-state index contributed by atoms with van der Waals surface area (Å²) in [6.07, 6.45) is 1.52. The summed E-state index contributed by atoms with van der Waals surface area (Å²) in [6.45, 7) is 1.93. The minimum atomic E-state index is -0.810. The zero-order chi connectivity index (χ0) is 21.1. The number of carbonyl (C=O) groups excluding carboxylic acids is 3. The molecule has 6 heteroatoms. The summed E-state index contributed by atoms with van der Waals surface area (Å²) in [4.78, 5) is 41.1. The van der Waals surface area contributed by atoms with Crippen LogP contribution >= 0.6 is 0 Å². The highest BCUT2D eigenvalue weighted by molar-refractivity contribution is 6.48. The molecule has 1 heterocycles. The number of Topliss-reactive ketones (excluding diaryl/α,β-unsaturated/α-hetero) is 1. The summed E-state index contributed by atoms with van der Waals surface area (Å²) in [5, 5.41) is 6.06. The normalized spacial score (nSPS) is 10.6. The molecule has 1 aromatic heterocycles. The largest absolute Gasteiger partial charge is 0.360 e. The summed E-state index contributed by atoms with van der Waals surface area (Å²) >= 11 is 0. The third kappa shape index (κ3) is 3.84. The number of anilines is 2. The van der Waals surface area contributed by atoms with Gasteiger partial charge in [-0.15, -0.1) is 0 Å². The molecule has 0 aliphatic heterocycles. The Hall–Kier alpha value is -4.19. The van der Waals surface area contributed by atoms with Crippen LogP contribution in [0.1, 0.15) is 26.3 Å². The highest BCUT2D eigenvalue weighted by Gasteiger charge is 2.22. The van der Waals surface area contributed by atoms with Crippen LogP contribution in [0.15, 0.2) is 79.0 Å². The number of benzene rings is 3. The Balaban J connectivity index is 1.55. The standard InChI is InChI=1S/C24H19N3O3/c1-15-7-6-8-16(13-15)26-23(29)18-10-3-5-12-21(18)27-24(30)22(28)19-14-25-20-11-4-2-9-17(19)20/h2-14,25H,1H3,(H,26,29)(H,27,30). The molecule has 0 saturated heterocycles.